The molecule has 1 saturated heterocycles. The maximum absolute atomic E-state index is 11.9. The van der Waals surface area contributed by atoms with Crippen LogP contribution in [0.4, 0.5) is 0 Å². The Kier molecular flexibility index (Phi) is 7.42. The van der Waals surface area contributed by atoms with Crippen LogP contribution in [0, 0.1) is 5.92 Å². The quantitative estimate of drug-likeness (QED) is 0.879. The molecule has 1 atom stereocenters. The molecule has 2 N–H and O–H groups in total. The molecular formula is C14H20BrClN2O. The van der Waals surface area contributed by atoms with Gasteiger partial charge >= 0.3 is 0 Å². The van der Waals surface area contributed by atoms with Crippen molar-refractivity contribution in [2.75, 3.05) is 19.6 Å². The molecule has 0 aromatic heterocycles. The Bertz CT molecular complexity index is 408. The average molecular weight is 348 g/mol. The minimum Gasteiger partial charge on any atom is -0.355 e. The third-order valence-electron chi connectivity index (χ3n) is 3.30. The molecule has 5 heteroatoms. The lowest BCUT2D eigenvalue weighted by molar-refractivity contribution is -0.120. The van der Waals surface area contributed by atoms with E-state index in [9.17, 15) is 4.79 Å². The van der Waals surface area contributed by atoms with Crippen molar-refractivity contribution < 1.29 is 4.79 Å². The number of hydrogen-bond acceptors (Lipinski definition) is 2. The minimum absolute atomic E-state index is 0. The standard InChI is InChI=1S/C14H19BrN2O.ClH/c15-13-6-2-1-5-12(13)8-14(18)17-10-11-4-3-7-16-9-11;/h1-2,5-6,11,16H,3-4,7-10H2,(H,17,18);1H. The number of carbonyl (C=O) groups is 1. The normalized spacial score (nSPS) is 18.5. The van der Waals surface area contributed by atoms with Crippen LogP contribution in [0.25, 0.3) is 0 Å². The van der Waals surface area contributed by atoms with E-state index in [0.717, 1.165) is 29.7 Å². The van der Waals surface area contributed by atoms with Crippen LogP contribution in [0.2, 0.25) is 0 Å². The zero-order valence-electron chi connectivity index (χ0n) is 10.8. The van der Waals surface area contributed by atoms with E-state index >= 15 is 0 Å². The molecule has 3 nitrogen and oxygen atoms in total. The van der Waals surface area contributed by atoms with Gasteiger partial charge in [-0.25, -0.2) is 0 Å². The number of benzene rings is 1. The molecule has 106 valence electrons. The van der Waals surface area contributed by atoms with Gasteiger partial charge in [0.1, 0.15) is 0 Å². The largest absolute Gasteiger partial charge is 0.355 e. The molecule has 1 fully saturated rings. The van der Waals surface area contributed by atoms with E-state index in [1.165, 1.54) is 12.8 Å². The minimum atomic E-state index is 0. The van der Waals surface area contributed by atoms with Gasteiger partial charge in [-0.05, 0) is 43.5 Å². The lowest BCUT2D eigenvalue weighted by atomic mass is 10.00. The van der Waals surface area contributed by atoms with E-state index in [-0.39, 0.29) is 18.3 Å². The van der Waals surface area contributed by atoms with Gasteiger partial charge in [0.15, 0.2) is 0 Å². The third kappa shape index (κ3) is 5.51. The van der Waals surface area contributed by atoms with E-state index < -0.39 is 0 Å². The first-order valence-corrected chi connectivity index (χ1v) is 7.26. The molecule has 0 aliphatic carbocycles. The second-order valence-corrected chi connectivity index (χ2v) is 5.64. The number of amides is 1. The van der Waals surface area contributed by atoms with Crippen LogP contribution < -0.4 is 10.6 Å². The zero-order chi connectivity index (χ0) is 12.8. The summed E-state index contributed by atoms with van der Waals surface area (Å²) < 4.78 is 1.000. The third-order valence-corrected chi connectivity index (χ3v) is 4.07. The number of carbonyl (C=O) groups excluding carboxylic acids is 1. The van der Waals surface area contributed by atoms with Gasteiger partial charge in [-0.2, -0.15) is 0 Å². The molecule has 1 unspecified atom stereocenters. The summed E-state index contributed by atoms with van der Waals surface area (Å²) in [4.78, 5) is 11.9. The second-order valence-electron chi connectivity index (χ2n) is 4.78. The molecule has 1 aromatic carbocycles. The fraction of sp³-hybridized carbons (Fsp3) is 0.500. The molecule has 1 aliphatic rings. The highest BCUT2D eigenvalue weighted by molar-refractivity contribution is 9.10. The zero-order valence-corrected chi connectivity index (χ0v) is 13.2. The summed E-state index contributed by atoms with van der Waals surface area (Å²) >= 11 is 3.46. The van der Waals surface area contributed by atoms with E-state index in [1.54, 1.807) is 0 Å². The van der Waals surface area contributed by atoms with Crippen molar-refractivity contribution in [1.82, 2.24) is 10.6 Å². The Labute approximate surface area is 129 Å². The summed E-state index contributed by atoms with van der Waals surface area (Å²) in [5.41, 5.74) is 1.04. The highest BCUT2D eigenvalue weighted by Gasteiger charge is 2.14. The van der Waals surface area contributed by atoms with Crippen molar-refractivity contribution in [3.8, 4) is 0 Å². The van der Waals surface area contributed by atoms with E-state index in [4.69, 9.17) is 0 Å². The monoisotopic (exact) mass is 346 g/mol. The number of halogens is 2. The van der Waals surface area contributed by atoms with Crippen molar-refractivity contribution >= 4 is 34.2 Å². The van der Waals surface area contributed by atoms with Gasteiger partial charge in [0.2, 0.25) is 5.91 Å². The van der Waals surface area contributed by atoms with Crippen LogP contribution >= 0.6 is 28.3 Å². The van der Waals surface area contributed by atoms with Crippen molar-refractivity contribution in [3.05, 3.63) is 34.3 Å². The van der Waals surface area contributed by atoms with Crippen molar-refractivity contribution in [1.29, 1.82) is 0 Å². The number of hydrogen-bond donors (Lipinski definition) is 2. The predicted molar refractivity (Wildman–Crippen MR) is 83.7 cm³/mol. The summed E-state index contributed by atoms with van der Waals surface area (Å²) in [6.45, 7) is 2.92. The molecule has 2 rings (SSSR count). The molecule has 1 heterocycles. The average Bonchev–Trinajstić information content (AvgIpc) is 2.40. The highest BCUT2D eigenvalue weighted by atomic mass is 79.9. The lowest BCUT2D eigenvalue weighted by Gasteiger charge is -2.22. The molecule has 0 bridgehead atoms. The first-order chi connectivity index (χ1) is 8.75. The Morgan fingerprint density at radius 2 is 2.21 bits per heavy atom. The van der Waals surface area contributed by atoms with Crippen molar-refractivity contribution in [3.63, 3.8) is 0 Å². The van der Waals surface area contributed by atoms with E-state index in [0.29, 0.717) is 12.3 Å². The van der Waals surface area contributed by atoms with Gasteiger partial charge in [-0.3, -0.25) is 4.79 Å². The fourth-order valence-corrected chi connectivity index (χ4v) is 2.66. The van der Waals surface area contributed by atoms with Gasteiger partial charge in [0, 0.05) is 11.0 Å². The molecule has 1 amide bonds. The van der Waals surface area contributed by atoms with Gasteiger partial charge < -0.3 is 10.6 Å². The summed E-state index contributed by atoms with van der Waals surface area (Å²) in [7, 11) is 0. The number of nitrogens with one attached hydrogen (secondary N) is 2. The van der Waals surface area contributed by atoms with Crippen molar-refractivity contribution in [2.45, 2.75) is 19.3 Å². The van der Waals surface area contributed by atoms with Crippen LogP contribution in [0.5, 0.6) is 0 Å². The molecule has 0 spiro atoms. The summed E-state index contributed by atoms with van der Waals surface area (Å²) in [6, 6.07) is 7.86. The van der Waals surface area contributed by atoms with Crippen LogP contribution in [0.15, 0.2) is 28.7 Å². The molecule has 19 heavy (non-hydrogen) atoms. The smallest absolute Gasteiger partial charge is 0.224 e. The summed E-state index contributed by atoms with van der Waals surface area (Å²) in [5.74, 6) is 0.689. The summed E-state index contributed by atoms with van der Waals surface area (Å²) in [5, 5.41) is 6.39. The first-order valence-electron chi connectivity index (χ1n) is 6.46. The number of rotatable bonds is 4. The maximum atomic E-state index is 11.9. The Morgan fingerprint density at radius 1 is 1.42 bits per heavy atom. The van der Waals surface area contributed by atoms with Crippen LogP contribution in [0.1, 0.15) is 18.4 Å². The highest BCUT2D eigenvalue weighted by Crippen LogP contribution is 2.16. The maximum Gasteiger partial charge on any atom is 0.224 e. The predicted octanol–water partition coefficient (Wildman–Crippen LogP) is 2.53. The first kappa shape index (κ1) is 16.5. The second kappa shape index (κ2) is 8.56. The van der Waals surface area contributed by atoms with Gasteiger partial charge in [-0.1, -0.05) is 34.1 Å². The van der Waals surface area contributed by atoms with Crippen LogP contribution in [-0.2, 0) is 11.2 Å². The van der Waals surface area contributed by atoms with Crippen LogP contribution in [0.3, 0.4) is 0 Å². The van der Waals surface area contributed by atoms with E-state index in [1.807, 2.05) is 24.3 Å². The fourth-order valence-electron chi connectivity index (χ4n) is 2.23. The Hall–Kier alpha value is -0.580. The Morgan fingerprint density at radius 3 is 2.89 bits per heavy atom. The Balaban J connectivity index is 0.00000180. The van der Waals surface area contributed by atoms with E-state index in [2.05, 4.69) is 26.6 Å². The molecule has 0 radical (unpaired) electrons. The van der Waals surface area contributed by atoms with Gasteiger partial charge in [0.25, 0.3) is 0 Å². The summed E-state index contributed by atoms with van der Waals surface area (Å²) in [6.07, 6.45) is 2.87. The SMILES string of the molecule is Cl.O=C(Cc1ccccc1Br)NCC1CCCNC1. The molecule has 1 aromatic rings. The van der Waals surface area contributed by atoms with Gasteiger partial charge in [0.05, 0.1) is 6.42 Å². The topological polar surface area (TPSA) is 41.1 Å². The van der Waals surface area contributed by atoms with Crippen LogP contribution in [-0.4, -0.2) is 25.5 Å². The molecule has 1 aliphatic heterocycles. The van der Waals surface area contributed by atoms with Gasteiger partial charge in [-0.15, -0.1) is 12.4 Å². The molecular weight excluding hydrogens is 328 g/mol. The number of piperidine rings is 1. The lowest BCUT2D eigenvalue weighted by Crippen LogP contribution is -2.38. The van der Waals surface area contributed by atoms with Crippen molar-refractivity contribution in [2.24, 2.45) is 5.92 Å². The molecule has 0 saturated carbocycles.